The van der Waals surface area contributed by atoms with Crippen LogP contribution in [0.4, 0.5) is 11.4 Å². The van der Waals surface area contributed by atoms with Gasteiger partial charge in [0, 0.05) is 18.8 Å². The van der Waals surface area contributed by atoms with Crippen LogP contribution in [0.3, 0.4) is 0 Å². The number of amidine groups is 1. The third-order valence-corrected chi connectivity index (χ3v) is 6.05. The summed E-state index contributed by atoms with van der Waals surface area (Å²) in [6.45, 7) is 9.53. The molecule has 2 heterocycles. The van der Waals surface area contributed by atoms with Gasteiger partial charge in [-0.3, -0.25) is 4.79 Å². The monoisotopic (exact) mass is 407 g/mol. The molecule has 2 aromatic carbocycles. The fourth-order valence-electron chi connectivity index (χ4n) is 3.50. The van der Waals surface area contributed by atoms with E-state index < -0.39 is 0 Å². The van der Waals surface area contributed by atoms with Crippen molar-refractivity contribution in [3.8, 4) is 0 Å². The van der Waals surface area contributed by atoms with Gasteiger partial charge < -0.3 is 15.0 Å². The van der Waals surface area contributed by atoms with E-state index in [0.717, 1.165) is 48.7 Å². The summed E-state index contributed by atoms with van der Waals surface area (Å²) < 4.78 is 5.43. The highest BCUT2D eigenvalue weighted by Crippen LogP contribution is 2.30. The first-order valence-electron chi connectivity index (χ1n) is 9.80. The second-order valence-corrected chi connectivity index (χ2v) is 8.44. The summed E-state index contributed by atoms with van der Waals surface area (Å²) in [6.07, 6.45) is 1.95. The number of carbonyl (C=O) groups excluding carboxylic acids is 1. The van der Waals surface area contributed by atoms with E-state index in [2.05, 4.69) is 53.3 Å². The largest absolute Gasteiger partial charge is 0.378 e. The molecule has 0 aromatic heterocycles. The molecule has 0 unspecified atom stereocenters. The lowest BCUT2D eigenvalue weighted by molar-refractivity contribution is -0.115. The molecule has 0 saturated carbocycles. The Hall–Kier alpha value is -2.57. The Labute approximate surface area is 175 Å². The lowest BCUT2D eigenvalue weighted by atomic mass is 10.1. The van der Waals surface area contributed by atoms with E-state index >= 15 is 0 Å². The summed E-state index contributed by atoms with van der Waals surface area (Å²) in [5.74, 6) is -0.102. The number of morpholine rings is 1. The topological polar surface area (TPSA) is 53.9 Å². The number of aryl methyl sites for hydroxylation is 3. The van der Waals surface area contributed by atoms with Crippen molar-refractivity contribution in [3.63, 3.8) is 0 Å². The molecule has 6 heteroatoms. The SMILES string of the molecule is Cc1ccc(N=C2NC(=O)/C(=C/c3ccc(N4CCOCC4)cc3C)S2)c(C)c1. The molecule has 1 amide bonds. The maximum Gasteiger partial charge on any atom is 0.264 e. The zero-order valence-electron chi connectivity index (χ0n) is 17.0. The maximum absolute atomic E-state index is 12.4. The van der Waals surface area contributed by atoms with Crippen LogP contribution in [0.2, 0.25) is 0 Å². The summed E-state index contributed by atoms with van der Waals surface area (Å²) >= 11 is 1.39. The van der Waals surface area contributed by atoms with Crippen LogP contribution in [0.5, 0.6) is 0 Å². The van der Waals surface area contributed by atoms with Gasteiger partial charge in [0.1, 0.15) is 0 Å². The Bertz CT molecular complexity index is 1010. The van der Waals surface area contributed by atoms with Gasteiger partial charge in [-0.2, -0.15) is 0 Å². The molecule has 0 bridgehead atoms. The molecule has 2 aromatic rings. The van der Waals surface area contributed by atoms with Gasteiger partial charge in [-0.05, 0) is 73.5 Å². The number of aliphatic imine (C=N–C) groups is 1. The molecule has 2 aliphatic heterocycles. The van der Waals surface area contributed by atoms with Crippen LogP contribution >= 0.6 is 11.8 Å². The van der Waals surface area contributed by atoms with Crippen molar-refractivity contribution in [2.45, 2.75) is 20.8 Å². The van der Waals surface area contributed by atoms with E-state index in [9.17, 15) is 4.79 Å². The zero-order valence-corrected chi connectivity index (χ0v) is 17.8. The van der Waals surface area contributed by atoms with E-state index in [1.165, 1.54) is 23.0 Å². The molecule has 1 N–H and O–H groups in total. The minimum atomic E-state index is -0.102. The number of ether oxygens (including phenoxy) is 1. The van der Waals surface area contributed by atoms with Crippen molar-refractivity contribution in [3.05, 3.63) is 63.6 Å². The van der Waals surface area contributed by atoms with Gasteiger partial charge in [0.25, 0.3) is 5.91 Å². The van der Waals surface area contributed by atoms with Crippen molar-refractivity contribution in [1.29, 1.82) is 0 Å². The Morgan fingerprint density at radius 2 is 1.86 bits per heavy atom. The van der Waals surface area contributed by atoms with Gasteiger partial charge in [-0.1, -0.05) is 23.8 Å². The molecular formula is C23H25N3O2S. The maximum atomic E-state index is 12.4. The average molecular weight is 408 g/mol. The van der Waals surface area contributed by atoms with E-state index in [1.807, 2.05) is 25.1 Å². The Morgan fingerprint density at radius 1 is 1.07 bits per heavy atom. The lowest BCUT2D eigenvalue weighted by Gasteiger charge is -2.29. The highest BCUT2D eigenvalue weighted by Gasteiger charge is 2.24. The van der Waals surface area contributed by atoms with Crippen LogP contribution in [0, 0.1) is 20.8 Å². The fourth-order valence-corrected chi connectivity index (χ4v) is 4.33. The molecule has 2 aliphatic rings. The van der Waals surface area contributed by atoms with Crippen LogP contribution in [0.1, 0.15) is 22.3 Å². The normalized spacial score (nSPS) is 19.8. The number of hydrogen-bond donors (Lipinski definition) is 1. The van der Waals surface area contributed by atoms with Crippen LogP contribution < -0.4 is 10.2 Å². The zero-order chi connectivity index (χ0) is 20.4. The summed E-state index contributed by atoms with van der Waals surface area (Å²) in [5.41, 5.74) is 6.58. The standard InChI is InChI=1S/C23H25N3O2S/c1-15-4-7-20(17(3)12-15)24-23-25-22(27)21(29-23)14-18-5-6-19(13-16(18)2)26-8-10-28-11-9-26/h4-7,12-14H,8-11H2,1-3H3,(H,24,25,27)/b21-14-. The first-order chi connectivity index (χ1) is 14.0. The fraction of sp³-hybridized carbons (Fsp3) is 0.304. The van der Waals surface area contributed by atoms with Crippen molar-refractivity contribution in [2.24, 2.45) is 4.99 Å². The summed E-state index contributed by atoms with van der Waals surface area (Å²) in [5, 5.41) is 3.50. The molecule has 2 saturated heterocycles. The number of hydrogen-bond acceptors (Lipinski definition) is 5. The summed E-state index contributed by atoms with van der Waals surface area (Å²) in [4.78, 5) is 20.1. The molecule has 150 valence electrons. The van der Waals surface area contributed by atoms with Crippen molar-refractivity contribution in [1.82, 2.24) is 5.32 Å². The number of thioether (sulfide) groups is 1. The van der Waals surface area contributed by atoms with Gasteiger partial charge in [0.15, 0.2) is 5.17 Å². The van der Waals surface area contributed by atoms with Gasteiger partial charge >= 0.3 is 0 Å². The van der Waals surface area contributed by atoms with Gasteiger partial charge in [0.05, 0.1) is 23.8 Å². The minimum Gasteiger partial charge on any atom is -0.378 e. The molecule has 0 spiro atoms. The second kappa shape index (κ2) is 8.43. The van der Waals surface area contributed by atoms with Crippen LogP contribution in [0.15, 0.2) is 46.3 Å². The predicted octanol–water partition coefficient (Wildman–Crippen LogP) is 4.34. The highest BCUT2D eigenvalue weighted by atomic mass is 32.2. The van der Waals surface area contributed by atoms with Crippen LogP contribution in [-0.2, 0) is 9.53 Å². The van der Waals surface area contributed by atoms with Gasteiger partial charge in [-0.25, -0.2) is 4.99 Å². The average Bonchev–Trinajstić information content (AvgIpc) is 3.05. The molecule has 5 nitrogen and oxygen atoms in total. The number of amides is 1. The minimum absolute atomic E-state index is 0.102. The molecule has 29 heavy (non-hydrogen) atoms. The van der Waals surface area contributed by atoms with Crippen molar-refractivity contribution in [2.75, 3.05) is 31.2 Å². The third-order valence-electron chi connectivity index (χ3n) is 5.14. The Balaban J connectivity index is 1.53. The Kier molecular flexibility index (Phi) is 5.74. The molecule has 2 fully saturated rings. The predicted molar refractivity (Wildman–Crippen MR) is 121 cm³/mol. The van der Waals surface area contributed by atoms with Crippen molar-refractivity contribution < 1.29 is 9.53 Å². The molecule has 0 radical (unpaired) electrons. The van der Waals surface area contributed by atoms with Gasteiger partial charge in [-0.15, -0.1) is 0 Å². The van der Waals surface area contributed by atoms with Crippen LogP contribution in [-0.4, -0.2) is 37.4 Å². The van der Waals surface area contributed by atoms with Gasteiger partial charge in [0.2, 0.25) is 0 Å². The quantitative estimate of drug-likeness (QED) is 0.769. The number of carbonyl (C=O) groups is 1. The number of benzene rings is 2. The van der Waals surface area contributed by atoms with Crippen LogP contribution in [0.25, 0.3) is 6.08 Å². The smallest absolute Gasteiger partial charge is 0.264 e. The molecule has 0 aliphatic carbocycles. The number of rotatable bonds is 3. The Morgan fingerprint density at radius 3 is 2.59 bits per heavy atom. The van der Waals surface area contributed by atoms with E-state index in [1.54, 1.807) is 0 Å². The molecule has 0 atom stereocenters. The second-order valence-electron chi connectivity index (χ2n) is 7.41. The van der Waals surface area contributed by atoms with E-state index in [4.69, 9.17) is 4.74 Å². The lowest BCUT2D eigenvalue weighted by Crippen LogP contribution is -2.36. The molecular weight excluding hydrogens is 382 g/mol. The van der Waals surface area contributed by atoms with Crippen molar-refractivity contribution >= 4 is 40.3 Å². The summed E-state index contributed by atoms with van der Waals surface area (Å²) in [6, 6.07) is 12.5. The van der Waals surface area contributed by atoms with E-state index in [-0.39, 0.29) is 5.91 Å². The number of anilines is 1. The number of nitrogens with zero attached hydrogens (tertiary/aromatic N) is 2. The molecule has 4 rings (SSSR count). The number of nitrogens with one attached hydrogen (secondary N) is 1. The highest BCUT2D eigenvalue weighted by molar-refractivity contribution is 8.18. The first-order valence-corrected chi connectivity index (χ1v) is 10.6. The third kappa shape index (κ3) is 4.54. The summed E-state index contributed by atoms with van der Waals surface area (Å²) in [7, 11) is 0. The van der Waals surface area contributed by atoms with E-state index in [0.29, 0.717) is 10.1 Å². The first kappa shape index (κ1) is 19.7.